The molecule has 0 aliphatic rings. The fourth-order valence-electron chi connectivity index (χ4n) is 4.38. The van der Waals surface area contributed by atoms with Crippen molar-refractivity contribution >= 4 is 18.5 Å². The van der Waals surface area contributed by atoms with Crippen molar-refractivity contribution in [2.45, 2.75) is 79.1 Å². The summed E-state index contributed by atoms with van der Waals surface area (Å²) in [5.74, 6) is 1.06. The van der Waals surface area contributed by atoms with Crippen molar-refractivity contribution < 1.29 is 42.8 Å². The number of ether oxygens (including phenoxy) is 6. The monoisotopic (exact) mass is 654 g/mol. The molecular formula is C39H42O9. The second-order valence-electron chi connectivity index (χ2n) is 14.1. The predicted octanol–water partition coefficient (Wildman–Crippen LogP) is 10.6. The molecule has 0 unspecified atom stereocenters. The van der Waals surface area contributed by atoms with Crippen LogP contribution in [0.25, 0.3) is 33.4 Å². The molecule has 0 aromatic heterocycles. The minimum atomic E-state index is -0.780. The van der Waals surface area contributed by atoms with Crippen LogP contribution in [0.4, 0.5) is 14.4 Å². The summed E-state index contributed by atoms with van der Waals surface area (Å²) in [5.41, 5.74) is 3.31. The van der Waals surface area contributed by atoms with E-state index in [0.717, 1.165) is 33.4 Å². The Morgan fingerprint density at radius 1 is 0.354 bits per heavy atom. The van der Waals surface area contributed by atoms with Gasteiger partial charge in [0.15, 0.2) is 0 Å². The van der Waals surface area contributed by atoms with Gasteiger partial charge in [0, 0.05) is 0 Å². The Morgan fingerprint density at radius 3 is 0.750 bits per heavy atom. The fraction of sp³-hybridized carbons (Fsp3) is 0.308. The molecule has 0 aliphatic carbocycles. The second kappa shape index (κ2) is 14.2. The van der Waals surface area contributed by atoms with E-state index in [-0.39, 0.29) is 0 Å². The Bertz CT molecular complexity index is 1510. The number of hydrogen-bond donors (Lipinski definition) is 0. The van der Waals surface area contributed by atoms with Crippen LogP contribution < -0.4 is 14.2 Å². The van der Waals surface area contributed by atoms with Gasteiger partial charge in [-0.05, 0) is 150 Å². The smallest absolute Gasteiger partial charge is 0.428 e. The van der Waals surface area contributed by atoms with E-state index in [4.69, 9.17) is 28.4 Å². The van der Waals surface area contributed by atoms with Crippen molar-refractivity contribution in [2.75, 3.05) is 0 Å². The predicted molar refractivity (Wildman–Crippen MR) is 183 cm³/mol. The SMILES string of the molecule is CC(C)(C)OC(=O)Oc1ccc(-c2cc(-c3ccc(OC(=O)OC(C)(C)C)cc3)cc(-c3ccc(OC(=O)OC(C)(C)C)cc3)c2)cc1. The Morgan fingerprint density at radius 2 is 0.562 bits per heavy atom. The summed E-state index contributed by atoms with van der Waals surface area (Å²) in [7, 11) is 0. The Labute approximate surface area is 281 Å². The minimum absolute atomic E-state index is 0.352. The highest BCUT2D eigenvalue weighted by molar-refractivity contribution is 5.82. The molecule has 0 aliphatic heterocycles. The zero-order valence-electron chi connectivity index (χ0n) is 28.8. The van der Waals surface area contributed by atoms with Crippen LogP contribution in [-0.4, -0.2) is 35.3 Å². The zero-order valence-corrected chi connectivity index (χ0v) is 28.8. The van der Waals surface area contributed by atoms with E-state index >= 15 is 0 Å². The lowest BCUT2D eigenvalue weighted by molar-refractivity contribution is 0.0193. The summed E-state index contributed by atoms with van der Waals surface area (Å²) < 4.78 is 31.8. The third-order valence-electron chi connectivity index (χ3n) is 6.27. The largest absolute Gasteiger partial charge is 0.514 e. The maximum atomic E-state index is 12.2. The first kappa shape index (κ1) is 35.5. The van der Waals surface area contributed by atoms with Crippen LogP contribution in [0.1, 0.15) is 62.3 Å². The lowest BCUT2D eigenvalue weighted by Gasteiger charge is -2.19. The number of benzene rings is 4. The highest BCUT2D eigenvalue weighted by atomic mass is 16.7. The molecule has 0 N–H and O–H groups in total. The molecule has 0 saturated heterocycles. The molecule has 4 aromatic carbocycles. The van der Waals surface area contributed by atoms with Crippen LogP contribution >= 0.6 is 0 Å². The maximum absolute atomic E-state index is 12.2. The molecule has 0 spiro atoms. The molecule has 9 heteroatoms. The molecule has 0 saturated carbocycles. The third kappa shape index (κ3) is 11.2. The van der Waals surface area contributed by atoms with E-state index in [1.807, 2.05) is 54.6 Å². The average molecular weight is 655 g/mol. The van der Waals surface area contributed by atoms with Crippen molar-refractivity contribution in [1.82, 2.24) is 0 Å². The molecule has 0 amide bonds. The van der Waals surface area contributed by atoms with Crippen molar-refractivity contribution in [3.05, 3.63) is 91.0 Å². The van der Waals surface area contributed by atoms with Gasteiger partial charge >= 0.3 is 18.5 Å². The molecule has 4 aromatic rings. The van der Waals surface area contributed by atoms with Gasteiger partial charge in [0.2, 0.25) is 0 Å². The highest BCUT2D eigenvalue weighted by Crippen LogP contribution is 2.35. The molecular weight excluding hydrogens is 612 g/mol. The Balaban J connectivity index is 1.65. The van der Waals surface area contributed by atoms with Crippen LogP contribution in [0.3, 0.4) is 0 Å². The third-order valence-corrected chi connectivity index (χ3v) is 6.27. The lowest BCUT2D eigenvalue weighted by atomic mass is 9.93. The molecule has 48 heavy (non-hydrogen) atoms. The zero-order chi connectivity index (χ0) is 35.3. The maximum Gasteiger partial charge on any atom is 0.514 e. The quantitative estimate of drug-likeness (QED) is 0.114. The van der Waals surface area contributed by atoms with Crippen LogP contribution in [0.15, 0.2) is 91.0 Å². The van der Waals surface area contributed by atoms with Crippen LogP contribution in [0, 0.1) is 0 Å². The number of rotatable bonds is 6. The van der Waals surface area contributed by atoms with Crippen molar-refractivity contribution in [3.63, 3.8) is 0 Å². The van der Waals surface area contributed by atoms with Crippen LogP contribution in [0.5, 0.6) is 17.2 Å². The average Bonchev–Trinajstić information content (AvgIpc) is 2.95. The lowest BCUT2D eigenvalue weighted by Crippen LogP contribution is -2.25. The highest BCUT2D eigenvalue weighted by Gasteiger charge is 2.20. The Kier molecular flexibility index (Phi) is 10.5. The molecule has 252 valence electrons. The van der Waals surface area contributed by atoms with Gasteiger partial charge in [0.25, 0.3) is 0 Å². The van der Waals surface area contributed by atoms with Gasteiger partial charge in [-0.2, -0.15) is 0 Å². The van der Waals surface area contributed by atoms with E-state index in [2.05, 4.69) is 0 Å². The molecule has 0 heterocycles. The van der Waals surface area contributed by atoms with Gasteiger partial charge in [-0.15, -0.1) is 0 Å². The van der Waals surface area contributed by atoms with Crippen molar-refractivity contribution in [2.24, 2.45) is 0 Å². The minimum Gasteiger partial charge on any atom is -0.428 e. The normalized spacial score (nSPS) is 11.7. The number of carbonyl (C=O) groups is 3. The van der Waals surface area contributed by atoms with Gasteiger partial charge in [0.05, 0.1) is 0 Å². The number of carbonyl (C=O) groups excluding carboxylic acids is 3. The van der Waals surface area contributed by atoms with Crippen molar-refractivity contribution in [3.8, 4) is 50.6 Å². The van der Waals surface area contributed by atoms with E-state index in [1.54, 1.807) is 98.7 Å². The second-order valence-corrected chi connectivity index (χ2v) is 14.1. The fourth-order valence-corrected chi connectivity index (χ4v) is 4.38. The summed E-state index contributed by atoms with van der Waals surface area (Å²) in [5, 5.41) is 0. The van der Waals surface area contributed by atoms with Gasteiger partial charge < -0.3 is 28.4 Å². The molecule has 0 fully saturated rings. The van der Waals surface area contributed by atoms with Crippen LogP contribution in [-0.2, 0) is 14.2 Å². The van der Waals surface area contributed by atoms with E-state index in [9.17, 15) is 14.4 Å². The van der Waals surface area contributed by atoms with Crippen molar-refractivity contribution in [1.29, 1.82) is 0 Å². The molecule has 4 rings (SSSR count). The molecule has 0 atom stereocenters. The molecule has 0 radical (unpaired) electrons. The topological polar surface area (TPSA) is 107 Å². The standard InChI is InChI=1S/C39H42O9/c1-37(2,3)46-34(40)43-31-16-10-25(11-17-31)28-22-29(26-12-18-32(19-13-26)44-35(41)47-38(4,5)6)24-30(23-28)27-14-20-33(21-15-27)45-36(42)48-39(7,8)9/h10-24H,1-9H3. The van der Waals surface area contributed by atoms with Gasteiger partial charge in [-0.25, -0.2) is 14.4 Å². The van der Waals surface area contributed by atoms with E-state index in [1.165, 1.54) is 0 Å². The van der Waals surface area contributed by atoms with E-state index in [0.29, 0.717) is 17.2 Å². The summed E-state index contributed by atoms with van der Waals surface area (Å²) in [6.07, 6.45) is -2.34. The first-order valence-electron chi connectivity index (χ1n) is 15.5. The molecule has 9 nitrogen and oxygen atoms in total. The van der Waals surface area contributed by atoms with Gasteiger partial charge in [0.1, 0.15) is 34.1 Å². The Hall–Kier alpha value is -5.31. The number of hydrogen-bond acceptors (Lipinski definition) is 9. The summed E-state index contributed by atoms with van der Waals surface area (Å²) >= 11 is 0. The first-order chi connectivity index (χ1) is 22.3. The summed E-state index contributed by atoms with van der Waals surface area (Å²) in [6.45, 7) is 15.9. The summed E-state index contributed by atoms with van der Waals surface area (Å²) in [4.78, 5) is 36.5. The van der Waals surface area contributed by atoms with Gasteiger partial charge in [-0.3, -0.25) is 0 Å². The van der Waals surface area contributed by atoms with Gasteiger partial charge in [-0.1, -0.05) is 36.4 Å². The van der Waals surface area contributed by atoms with Crippen LogP contribution in [0.2, 0.25) is 0 Å². The molecule has 0 bridgehead atoms. The summed E-state index contributed by atoms with van der Waals surface area (Å²) in [6, 6.07) is 27.5. The first-order valence-corrected chi connectivity index (χ1v) is 15.5. The van der Waals surface area contributed by atoms with E-state index < -0.39 is 35.3 Å².